The first-order chi connectivity index (χ1) is 17.0. The molecule has 1 aliphatic heterocycles. The summed E-state index contributed by atoms with van der Waals surface area (Å²) in [5.41, 5.74) is 3.05. The van der Waals surface area contributed by atoms with Gasteiger partial charge in [0.25, 0.3) is 5.91 Å². The third-order valence-electron chi connectivity index (χ3n) is 5.65. The predicted molar refractivity (Wildman–Crippen MR) is 145 cm³/mol. The number of aromatic nitrogens is 2. The predicted octanol–water partition coefficient (Wildman–Crippen LogP) is 4.95. The second-order valence-electron chi connectivity index (χ2n) is 8.61. The second kappa shape index (κ2) is 12.0. The van der Waals surface area contributed by atoms with E-state index < -0.39 is 0 Å². The van der Waals surface area contributed by atoms with Crippen LogP contribution in [0.25, 0.3) is 10.1 Å². The zero-order valence-electron chi connectivity index (χ0n) is 20.1. The lowest BCUT2D eigenvalue weighted by atomic mass is 10.1. The van der Waals surface area contributed by atoms with E-state index in [0.29, 0.717) is 5.56 Å². The second-order valence-corrected chi connectivity index (χ2v) is 10.9. The zero-order valence-corrected chi connectivity index (χ0v) is 21.7. The van der Waals surface area contributed by atoms with E-state index >= 15 is 0 Å². The Morgan fingerprint density at radius 2 is 1.86 bits per heavy atom. The Morgan fingerprint density at radius 3 is 2.54 bits per heavy atom. The lowest BCUT2D eigenvalue weighted by Crippen LogP contribution is -2.37. The van der Waals surface area contributed by atoms with Gasteiger partial charge in [0, 0.05) is 48.6 Å². The van der Waals surface area contributed by atoms with E-state index in [1.54, 1.807) is 11.3 Å². The summed E-state index contributed by atoms with van der Waals surface area (Å²) >= 11 is 3.53. The smallest absolute Gasteiger partial charge is 0.264 e. The van der Waals surface area contributed by atoms with E-state index in [2.05, 4.69) is 32.7 Å². The summed E-state index contributed by atoms with van der Waals surface area (Å²) < 4.78 is 3.32. The number of thiophene rings is 1. The molecule has 0 N–H and O–H groups in total. The number of nitrogens with zero attached hydrogens (tertiary/aromatic N) is 5. The van der Waals surface area contributed by atoms with Crippen molar-refractivity contribution >= 4 is 39.1 Å². The first kappa shape index (κ1) is 25.0. The number of hydrogen-bond acceptors (Lipinski definition) is 6. The summed E-state index contributed by atoms with van der Waals surface area (Å²) in [5, 5.41) is 9.93. The van der Waals surface area contributed by atoms with Crippen LogP contribution >= 0.6 is 23.1 Å². The molecular weight excluding hydrogens is 474 g/mol. The van der Waals surface area contributed by atoms with Crippen molar-refractivity contribution in [3.8, 4) is 6.07 Å². The van der Waals surface area contributed by atoms with Crippen LogP contribution in [0, 0.1) is 11.3 Å². The van der Waals surface area contributed by atoms with Gasteiger partial charge in [-0.25, -0.2) is 4.98 Å². The van der Waals surface area contributed by atoms with Crippen molar-refractivity contribution in [3.05, 3.63) is 88.8 Å². The molecule has 2 aromatic carbocycles. The van der Waals surface area contributed by atoms with Gasteiger partial charge >= 0.3 is 0 Å². The van der Waals surface area contributed by atoms with Crippen LogP contribution < -0.4 is 0 Å². The van der Waals surface area contributed by atoms with Crippen LogP contribution in [0.4, 0.5) is 0 Å². The van der Waals surface area contributed by atoms with Crippen molar-refractivity contribution < 1.29 is 4.79 Å². The van der Waals surface area contributed by atoms with Gasteiger partial charge in [0.05, 0.1) is 28.5 Å². The first-order valence-corrected chi connectivity index (χ1v) is 13.5. The van der Waals surface area contributed by atoms with Gasteiger partial charge in [0.2, 0.25) is 0 Å². The number of hydrogen-bond donors (Lipinski definition) is 0. The van der Waals surface area contributed by atoms with Crippen LogP contribution in [0.5, 0.6) is 0 Å². The molecule has 8 heteroatoms. The highest BCUT2D eigenvalue weighted by Gasteiger charge is 2.20. The Labute approximate surface area is 214 Å². The maximum absolute atomic E-state index is 12.3. The van der Waals surface area contributed by atoms with E-state index in [-0.39, 0.29) is 5.91 Å². The summed E-state index contributed by atoms with van der Waals surface area (Å²) in [6.07, 6.45) is 3.74. The molecule has 2 aromatic heterocycles. The van der Waals surface area contributed by atoms with Crippen LogP contribution in [-0.2, 0) is 13.1 Å². The summed E-state index contributed by atoms with van der Waals surface area (Å²) in [6, 6.07) is 20.0. The SMILES string of the molecule is CN(C)Cc1cncn1Cc1ccc(C#N)cc1.O=C(c1cc2ccccc2s1)N1CCSCC1. The van der Waals surface area contributed by atoms with Crippen LogP contribution in [0.2, 0.25) is 0 Å². The molecule has 0 atom stereocenters. The third kappa shape index (κ3) is 6.73. The molecule has 3 heterocycles. The highest BCUT2D eigenvalue weighted by molar-refractivity contribution is 7.99. The van der Waals surface area contributed by atoms with Crippen molar-refractivity contribution in [3.63, 3.8) is 0 Å². The Balaban J connectivity index is 0.000000165. The molecule has 0 aliphatic carbocycles. The monoisotopic (exact) mass is 503 g/mol. The summed E-state index contributed by atoms with van der Waals surface area (Å²) in [4.78, 5) is 21.4. The summed E-state index contributed by atoms with van der Waals surface area (Å²) in [6.45, 7) is 3.43. The number of rotatable bonds is 5. The van der Waals surface area contributed by atoms with Crippen LogP contribution in [0.15, 0.2) is 67.1 Å². The molecule has 4 aromatic rings. The van der Waals surface area contributed by atoms with Gasteiger partial charge in [0.1, 0.15) is 0 Å². The maximum atomic E-state index is 12.3. The van der Waals surface area contributed by atoms with Crippen molar-refractivity contribution in [2.24, 2.45) is 0 Å². The number of carbonyl (C=O) groups is 1. The number of imidazole rings is 1. The lowest BCUT2D eigenvalue weighted by Gasteiger charge is -2.25. The minimum atomic E-state index is 0.200. The normalized spacial score (nSPS) is 13.4. The number of benzene rings is 2. The molecule has 35 heavy (non-hydrogen) atoms. The zero-order chi connectivity index (χ0) is 24.6. The van der Waals surface area contributed by atoms with Crippen molar-refractivity contribution in [1.82, 2.24) is 19.4 Å². The number of carbonyl (C=O) groups excluding carboxylic acids is 1. The summed E-state index contributed by atoms with van der Waals surface area (Å²) in [7, 11) is 4.08. The Morgan fingerprint density at radius 1 is 1.11 bits per heavy atom. The minimum absolute atomic E-state index is 0.200. The van der Waals surface area contributed by atoms with Crippen molar-refractivity contribution in [2.45, 2.75) is 13.1 Å². The van der Waals surface area contributed by atoms with E-state index in [0.717, 1.165) is 42.6 Å². The molecule has 1 amide bonds. The fraction of sp³-hybridized carbons (Fsp3) is 0.296. The highest BCUT2D eigenvalue weighted by Crippen LogP contribution is 2.27. The molecule has 0 saturated carbocycles. The molecule has 0 spiro atoms. The molecule has 1 aliphatic rings. The van der Waals surface area contributed by atoms with E-state index in [9.17, 15) is 4.79 Å². The van der Waals surface area contributed by atoms with Crippen LogP contribution in [0.1, 0.15) is 26.5 Å². The van der Waals surface area contributed by atoms with Crippen LogP contribution in [-0.4, -0.2) is 63.9 Å². The van der Waals surface area contributed by atoms with Crippen LogP contribution in [0.3, 0.4) is 0 Å². The number of amides is 1. The average molecular weight is 504 g/mol. The molecule has 180 valence electrons. The molecule has 5 rings (SSSR count). The van der Waals surface area contributed by atoms with Gasteiger partial charge in [0.15, 0.2) is 0 Å². The summed E-state index contributed by atoms with van der Waals surface area (Å²) in [5.74, 6) is 2.33. The average Bonchev–Trinajstić information content (AvgIpc) is 3.51. The quantitative estimate of drug-likeness (QED) is 0.385. The van der Waals surface area contributed by atoms with Crippen molar-refractivity contribution in [1.29, 1.82) is 5.26 Å². The highest BCUT2D eigenvalue weighted by atomic mass is 32.2. The first-order valence-electron chi connectivity index (χ1n) is 11.5. The van der Waals surface area contributed by atoms with Gasteiger partial charge in [-0.05, 0) is 49.3 Å². The van der Waals surface area contributed by atoms with Gasteiger partial charge in [-0.2, -0.15) is 17.0 Å². The third-order valence-corrected chi connectivity index (χ3v) is 7.69. The number of nitriles is 1. The largest absolute Gasteiger partial charge is 0.336 e. The molecule has 0 bridgehead atoms. The Bertz CT molecular complexity index is 1260. The van der Waals surface area contributed by atoms with E-state index in [1.165, 1.54) is 21.3 Å². The fourth-order valence-corrected chi connectivity index (χ4v) is 5.77. The Kier molecular flexibility index (Phi) is 8.59. The number of thioether (sulfide) groups is 1. The van der Waals surface area contributed by atoms with E-state index in [4.69, 9.17) is 5.26 Å². The minimum Gasteiger partial charge on any atom is -0.336 e. The molecule has 6 nitrogen and oxygen atoms in total. The fourth-order valence-electron chi connectivity index (χ4n) is 3.84. The molecule has 1 fully saturated rings. The number of fused-ring (bicyclic) bond motifs is 1. The standard InChI is InChI=1S/C14H16N4.C13H13NOS2/c1-17(2)10-14-8-16-11-18(14)9-13-5-3-12(7-15)4-6-13;15-13(14-5-7-16-8-6-14)12-9-10-3-1-2-4-11(10)17-12/h3-6,8,11H,9-10H2,1-2H3;1-4,9H,5-8H2. The molecule has 0 unspecified atom stereocenters. The molecular formula is C27H29N5OS2. The van der Waals surface area contributed by atoms with E-state index in [1.807, 2.05) is 85.7 Å². The Hall–Kier alpha value is -3.12. The lowest BCUT2D eigenvalue weighted by molar-refractivity contribution is 0.0777. The maximum Gasteiger partial charge on any atom is 0.264 e. The topological polar surface area (TPSA) is 65.2 Å². The van der Waals surface area contributed by atoms with Crippen molar-refractivity contribution in [2.75, 3.05) is 38.7 Å². The molecule has 0 radical (unpaired) electrons. The van der Waals surface area contributed by atoms with Gasteiger partial charge in [-0.15, -0.1) is 11.3 Å². The van der Waals surface area contributed by atoms with Gasteiger partial charge < -0.3 is 14.4 Å². The van der Waals surface area contributed by atoms with Gasteiger partial charge in [-0.1, -0.05) is 30.3 Å². The molecule has 1 saturated heterocycles. The van der Waals surface area contributed by atoms with Gasteiger partial charge in [-0.3, -0.25) is 4.79 Å².